The summed E-state index contributed by atoms with van der Waals surface area (Å²) >= 11 is 1.75. The van der Waals surface area contributed by atoms with Crippen molar-refractivity contribution in [3.8, 4) is 0 Å². The Morgan fingerprint density at radius 1 is 1.65 bits per heavy atom. The molecule has 3 nitrogen and oxygen atoms in total. The van der Waals surface area contributed by atoms with Gasteiger partial charge in [0.15, 0.2) is 0 Å². The number of nitrogens with zero attached hydrogens (tertiary/aromatic N) is 1. The normalized spacial score (nSPS) is 25.0. The highest BCUT2D eigenvalue weighted by Gasteiger charge is 2.32. The van der Waals surface area contributed by atoms with Crippen LogP contribution in [-0.2, 0) is 4.74 Å². The molecule has 1 aliphatic heterocycles. The van der Waals surface area contributed by atoms with Crippen LogP contribution in [0, 0.1) is 0 Å². The zero-order chi connectivity index (χ0) is 12.3. The average molecular weight is 254 g/mol. The van der Waals surface area contributed by atoms with Gasteiger partial charge in [-0.25, -0.2) is 0 Å². The van der Waals surface area contributed by atoms with Crippen LogP contribution in [0.4, 0.5) is 0 Å². The first-order valence-corrected chi connectivity index (χ1v) is 7.25. The van der Waals surface area contributed by atoms with Crippen molar-refractivity contribution in [1.82, 2.24) is 4.90 Å². The van der Waals surface area contributed by atoms with Crippen molar-refractivity contribution < 1.29 is 4.74 Å². The lowest BCUT2D eigenvalue weighted by molar-refractivity contribution is 0.0972. The maximum atomic E-state index is 6.30. The van der Waals surface area contributed by atoms with E-state index in [-0.39, 0.29) is 6.04 Å². The van der Waals surface area contributed by atoms with Gasteiger partial charge in [-0.15, -0.1) is 0 Å². The van der Waals surface area contributed by atoms with Crippen molar-refractivity contribution in [1.29, 1.82) is 0 Å². The van der Waals surface area contributed by atoms with E-state index in [0.29, 0.717) is 12.1 Å². The molecule has 1 fully saturated rings. The van der Waals surface area contributed by atoms with E-state index in [1.807, 2.05) is 0 Å². The van der Waals surface area contributed by atoms with Crippen LogP contribution in [-0.4, -0.2) is 37.2 Å². The van der Waals surface area contributed by atoms with E-state index in [1.165, 1.54) is 5.56 Å². The van der Waals surface area contributed by atoms with Crippen LogP contribution >= 0.6 is 11.3 Å². The van der Waals surface area contributed by atoms with Gasteiger partial charge in [0.1, 0.15) is 0 Å². The van der Waals surface area contributed by atoms with E-state index >= 15 is 0 Å². The molecule has 2 heterocycles. The fourth-order valence-corrected chi connectivity index (χ4v) is 3.28. The van der Waals surface area contributed by atoms with E-state index in [0.717, 1.165) is 25.9 Å². The van der Waals surface area contributed by atoms with Gasteiger partial charge in [0.05, 0.1) is 12.1 Å². The van der Waals surface area contributed by atoms with Crippen molar-refractivity contribution in [3.05, 3.63) is 22.4 Å². The van der Waals surface area contributed by atoms with Crippen LogP contribution in [0.25, 0.3) is 0 Å². The maximum Gasteiger partial charge on any atom is 0.0710 e. The smallest absolute Gasteiger partial charge is 0.0710 e. The lowest BCUT2D eigenvalue weighted by Crippen LogP contribution is -2.40. The van der Waals surface area contributed by atoms with E-state index in [4.69, 9.17) is 10.5 Å². The Labute approximate surface area is 108 Å². The van der Waals surface area contributed by atoms with Gasteiger partial charge >= 0.3 is 0 Å². The highest BCUT2D eigenvalue weighted by Crippen LogP contribution is 2.30. The number of hydrogen-bond acceptors (Lipinski definition) is 4. The summed E-state index contributed by atoms with van der Waals surface area (Å²) in [7, 11) is 1.80. The Bertz CT molecular complexity index is 328. The van der Waals surface area contributed by atoms with Gasteiger partial charge < -0.3 is 10.5 Å². The minimum Gasteiger partial charge on any atom is -0.380 e. The van der Waals surface area contributed by atoms with E-state index in [1.54, 1.807) is 18.4 Å². The summed E-state index contributed by atoms with van der Waals surface area (Å²) in [6, 6.07) is 2.76. The molecular weight excluding hydrogens is 232 g/mol. The lowest BCUT2D eigenvalue weighted by Gasteiger charge is -2.31. The SMILES string of the molecule is CCC(N)C(c1ccsc1)N1CCC(OC)C1. The van der Waals surface area contributed by atoms with Crippen LogP contribution in [0.1, 0.15) is 31.4 Å². The second-order valence-electron chi connectivity index (χ2n) is 4.71. The zero-order valence-electron chi connectivity index (χ0n) is 10.6. The lowest BCUT2D eigenvalue weighted by atomic mass is 9.99. The van der Waals surface area contributed by atoms with Gasteiger partial charge in [-0.3, -0.25) is 4.90 Å². The summed E-state index contributed by atoms with van der Waals surface area (Å²) in [5, 5.41) is 4.36. The number of hydrogen-bond donors (Lipinski definition) is 1. The molecule has 0 amide bonds. The van der Waals surface area contributed by atoms with Crippen molar-refractivity contribution in [2.45, 2.75) is 38.0 Å². The summed E-state index contributed by atoms with van der Waals surface area (Å²) in [4.78, 5) is 2.48. The molecule has 0 bridgehead atoms. The van der Waals surface area contributed by atoms with Crippen LogP contribution in [0.2, 0.25) is 0 Å². The first-order chi connectivity index (χ1) is 8.26. The molecule has 0 aliphatic carbocycles. The molecule has 0 saturated carbocycles. The summed E-state index contributed by atoms with van der Waals surface area (Å²) in [6.07, 6.45) is 2.50. The quantitative estimate of drug-likeness (QED) is 0.876. The molecule has 1 saturated heterocycles. The second-order valence-corrected chi connectivity index (χ2v) is 5.49. The molecule has 3 unspecified atom stereocenters. The first-order valence-electron chi connectivity index (χ1n) is 6.30. The first kappa shape index (κ1) is 13.0. The van der Waals surface area contributed by atoms with E-state index in [2.05, 4.69) is 28.7 Å². The molecule has 3 atom stereocenters. The molecule has 96 valence electrons. The van der Waals surface area contributed by atoms with E-state index < -0.39 is 0 Å². The Morgan fingerprint density at radius 3 is 3.00 bits per heavy atom. The predicted molar refractivity (Wildman–Crippen MR) is 72.3 cm³/mol. The van der Waals surface area contributed by atoms with Gasteiger partial charge in [0.2, 0.25) is 0 Å². The van der Waals surface area contributed by atoms with Crippen LogP contribution in [0.15, 0.2) is 16.8 Å². The average Bonchev–Trinajstić information content (AvgIpc) is 3.00. The topological polar surface area (TPSA) is 38.5 Å². The Morgan fingerprint density at radius 2 is 2.47 bits per heavy atom. The Kier molecular flexibility index (Phi) is 4.56. The van der Waals surface area contributed by atoms with E-state index in [9.17, 15) is 0 Å². The van der Waals surface area contributed by atoms with Gasteiger partial charge in [-0.1, -0.05) is 6.92 Å². The highest BCUT2D eigenvalue weighted by atomic mass is 32.1. The van der Waals surface area contributed by atoms with Gasteiger partial charge in [-0.2, -0.15) is 11.3 Å². The molecule has 1 aliphatic rings. The predicted octanol–water partition coefficient (Wildman–Crippen LogP) is 2.25. The summed E-state index contributed by atoms with van der Waals surface area (Å²) in [5.41, 5.74) is 7.66. The third kappa shape index (κ3) is 2.88. The number of ether oxygens (including phenoxy) is 1. The molecule has 1 aromatic rings. The van der Waals surface area contributed by atoms with Crippen LogP contribution < -0.4 is 5.73 Å². The largest absolute Gasteiger partial charge is 0.380 e. The molecule has 2 rings (SSSR count). The molecular formula is C13H22N2OS. The van der Waals surface area contributed by atoms with Crippen molar-refractivity contribution in [3.63, 3.8) is 0 Å². The molecule has 17 heavy (non-hydrogen) atoms. The molecule has 4 heteroatoms. The fourth-order valence-electron chi connectivity index (χ4n) is 2.59. The highest BCUT2D eigenvalue weighted by molar-refractivity contribution is 7.07. The summed E-state index contributed by atoms with van der Waals surface area (Å²) in [5.74, 6) is 0. The summed E-state index contributed by atoms with van der Waals surface area (Å²) in [6.45, 7) is 4.26. The Hall–Kier alpha value is -0.420. The molecule has 1 aromatic heterocycles. The Balaban J connectivity index is 2.11. The molecule has 0 aromatic carbocycles. The van der Waals surface area contributed by atoms with Crippen molar-refractivity contribution >= 4 is 11.3 Å². The number of methoxy groups -OCH3 is 1. The number of rotatable bonds is 5. The number of likely N-dealkylation sites (tertiary alicyclic amines) is 1. The van der Waals surface area contributed by atoms with Gasteiger partial charge in [0.25, 0.3) is 0 Å². The molecule has 2 N–H and O–H groups in total. The summed E-state index contributed by atoms with van der Waals surface area (Å²) < 4.78 is 5.44. The van der Waals surface area contributed by atoms with Crippen LogP contribution in [0.3, 0.4) is 0 Å². The second kappa shape index (κ2) is 5.96. The van der Waals surface area contributed by atoms with Crippen molar-refractivity contribution in [2.24, 2.45) is 5.73 Å². The zero-order valence-corrected chi connectivity index (χ0v) is 11.5. The molecule has 0 spiro atoms. The number of nitrogens with two attached hydrogens (primary N) is 1. The monoisotopic (exact) mass is 254 g/mol. The standard InChI is InChI=1S/C13H22N2OS/c1-3-12(14)13(10-5-7-17-9-10)15-6-4-11(8-15)16-2/h5,7,9,11-13H,3-4,6,8,14H2,1-2H3. The minimum atomic E-state index is 0.209. The third-order valence-corrected chi connectivity index (χ3v) is 4.37. The van der Waals surface area contributed by atoms with Crippen LogP contribution in [0.5, 0.6) is 0 Å². The minimum absolute atomic E-state index is 0.209. The fraction of sp³-hybridized carbons (Fsp3) is 0.692. The van der Waals surface area contributed by atoms with Gasteiger partial charge in [-0.05, 0) is 35.2 Å². The van der Waals surface area contributed by atoms with Gasteiger partial charge in [0, 0.05) is 26.2 Å². The van der Waals surface area contributed by atoms with Crippen molar-refractivity contribution in [2.75, 3.05) is 20.2 Å². The molecule has 0 radical (unpaired) electrons. The third-order valence-electron chi connectivity index (χ3n) is 3.66. The number of thiophene rings is 1. The maximum absolute atomic E-state index is 6.30.